The van der Waals surface area contributed by atoms with Gasteiger partial charge in [0, 0.05) is 25.6 Å². The van der Waals surface area contributed by atoms with Crippen LogP contribution in [0.2, 0.25) is 0 Å². The van der Waals surface area contributed by atoms with Crippen LogP contribution in [0.1, 0.15) is 17.5 Å². The standard InChI is InChI=1S/C16H21N3O2/c1-18-15(20)14-8-13(17)9-19(14)16(21)12-6-10-4-2-3-5-11(10)7-12/h2-5,12-14H,6-9,17H2,1H3,(H,18,20)/t13-,14-/m0/s1. The molecule has 1 aliphatic carbocycles. The van der Waals surface area contributed by atoms with Gasteiger partial charge in [0.25, 0.3) is 0 Å². The SMILES string of the molecule is CNC(=O)[C@@H]1C[C@H](N)CN1C(=O)C1Cc2ccccc2C1. The number of nitrogens with one attached hydrogen (secondary N) is 1. The predicted octanol–water partition coefficient (Wildman–Crippen LogP) is 0.0756. The van der Waals surface area contributed by atoms with E-state index in [-0.39, 0.29) is 23.8 Å². The topological polar surface area (TPSA) is 75.4 Å². The molecule has 1 saturated heterocycles. The first-order chi connectivity index (χ1) is 10.1. The molecule has 1 heterocycles. The van der Waals surface area contributed by atoms with Gasteiger partial charge in [-0.1, -0.05) is 24.3 Å². The van der Waals surface area contributed by atoms with E-state index in [1.165, 1.54) is 11.1 Å². The second kappa shape index (κ2) is 5.48. The molecule has 1 aromatic rings. The van der Waals surface area contributed by atoms with E-state index in [4.69, 9.17) is 5.73 Å². The van der Waals surface area contributed by atoms with E-state index in [2.05, 4.69) is 17.4 Å². The second-order valence-electron chi connectivity index (χ2n) is 5.99. The molecule has 2 atom stereocenters. The van der Waals surface area contributed by atoms with Gasteiger partial charge >= 0.3 is 0 Å². The van der Waals surface area contributed by atoms with Crippen molar-refractivity contribution in [2.45, 2.75) is 31.3 Å². The Bertz CT molecular complexity index is 547. The smallest absolute Gasteiger partial charge is 0.242 e. The number of carbonyl (C=O) groups is 2. The van der Waals surface area contributed by atoms with E-state index in [1.54, 1.807) is 11.9 Å². The fourth-order valence-corrected chi connectivity index (χ4v) is 3.50. The number of hydrogen-bond acceptors (Lipinski definition) is 3. The van der Waals surface area contributed by atoms with Gasteiger partial charge in [0.1, 0.15) is 6.04 Å². The summed E-state index contributed by atoms with van der Waals surface area (Å²) in [6.45, 7) is 0.476. The number of likely N-dealkylation sites (N-methyl/N-ethyl adjacent to an activating group) is 1. The summed E-state index contributed by atoms with van der Waals surface area (Å²) in [5, 5.41) is 2.63. The summed E-state index contributed by atoms with van der Waals surface area (Å²) in [6.07, 6.45) is 2.08. The molecule has 3 N–H and O–H groups in total. The fourth-order valence-electron chi connectivity index (χ4n) is 3.50. The lowest BCUT2D eigenvalue weighted by molar-refractivity contribution is -0.141. The molecule has 0 saturated carbocycles. The Hall–Kier alpha value is -1.88. The van der Waals surface area contributed by atoms with E-state index >= 15 is 0 Å². The normalized spacial score (nSPS) is 25.0. The Labute approximate surface area is 124 Å². The van der Waals surface area contributed by atoms with Gasteiger partial charge in [0.15, 0.2) is 0 Å². The van der Waals surface area contributed by atoms with Crippen molar-refractivity contribution < 1.29 is 9.59 Å². The van der Waals surface area contributed by atoms with Crippen LogP contribution in [0.25, 0.3) is 0 Å². The van der Waals surface area contributed by atoms with Crippen molar-refractivity contribution in [2.75, 3.05) is 13.6 Å². The summed E-state index contributed by atoms with van der Waals surface area (Å²) in [4.78, 5) is 26.4. The predicted molar refractivity (Wildman–Crippen MR) is 79.5 cm³/mol. The number of hydrogen-bond donors (Lipinski definition) is 2. The maximum atomic E-state index is 12.8. The molecule has 2 aliphatic rings. The molecule has 0 radical (unpaired) electrons. The summed E-state index contributed by atoms with van der Waals surface area (Å²) < 4.78 is 0. The Kier molecular flexibility index (Phi) is 3.68. The number of likely N-dealkylation sites (tertiary alicyclic amines) is 1. The first kappa shape index (κ1) is 14.1. The van der Waals surface area contributed by atoms with Crippen molar-refractivity contribution in [3.05, 3.63) is 35.4 Å². The molecule has 0 bridgehead atoms. The highest BCUT2D eigenvalue weighted by Gasteiger charge is 2.41. The first-order valence-electron chi connectivity index (χ1n) is 7.44. The third-order valence-electron chi connectivity index (χ3n) is 4.57. The molecule has 2 amide bonds. The van der Waals surface area contributed by atoms with Gasteiger partial charge in [-0.15, -0.1) is 0 Å². The number of nitrogens with zero attached hydrogens (tertiary/aromatic N) is 1. The van der Waals surface area contributed by atoms with Crippen LogP contribution in [0.4, 0.5) is 0 Å². The molecule has 1 fully saturated rings. The average molecular weight is 287 g/mol. The maximum absolute atomic E-state index is 12.8. The van der Waals surface area contributed by atoms with Crippen LogP contribution in [-0.2, 0) is 22.4 Å². The van der Waals surface area contributed by atoms with E-state index in [9.17, 15) is 9.59 Å². The van der Waals surface area contributed by atoms with Crippen LogP contribution in [0.5, 0.6) is 0 Å². The molecule has 5 nitrogen and oxygen atoms in total. The molecular formula is C16H21N3O2. The average Bonchev–Trinajstić information content (AvgIpc) is 3.09. The van der Waals surface area contributed by atoms with Crippen LogP contribution in [0.15, 0.2) is 24.3 Å². The van der Waals surface area contributed by atoms with Crippen molar-refractivity contribution in [3.63, 3.8) is 0 Å². The van der Waals surface area contributed by atoms with Gasteiger partial charge < -0.3 is 16.0 Å². The highest BCUT2D eigenvalue weighted by Crippen LogP contribution is 2.30. The molecule has 1 aliphatic heterocycles. The molecule has 0 spiro atoms. The lowest BCUT2D eigenvalue weighted by Crippen LogP contribution is -2.47. The van der Waals surface area contributed by atoms with Crippen LogP contribution in [-0.4, -0.2) is 42.4 Å². The van der Waals surface area contributed by atoms with Gasteiger partial charge in [-0.05, 0) is 30.4 Å². The zero-order valence-corrected chi connectivity index (χ0v) is 12.2. The fraction of sp³-hybridized carbons (Fsp3) is 0.500. The molecular weight excluding hydrogens is 266 g/mol. The van der Waals surface area contributed by atoms with Crippen LogP contribution < -0.4 is 11.1 Å². The van der Waals surface area contributed by atoms with E-state index < -0.39 is 6.04 Å². The van der Waals surface area contributed by atoms with Gasteiger partial charge in [0.2, 0.25) is 11.8 Å². The zero-order valence-electron chi connectivity index (χ0n) is 12.2. The highest BCUT2D eigenvalue weighted by atomic mass is 16.2. The van der Waals surface area contributed by atoms with Crippen molar-refractivity contribution in [3.8, 4) is 0 Å². The number of fused-ring (bicyclic) bond motifs is 1. The Morgan fingerprint density at radius 1 is 1.24 bits per heavy atom. The van der Waals surface area contributed by atoms with Crippen LogP contribution in [0, 0.1) is 5.92 Å². The van der Waals surface area contributed by atoms with Crippen molar-refractivity contribution in [1.82, 2.24) is 10.2 Å². The Balaban J connectivity index is 1.75. The summed E-state index contributed by atoms with van der Waals surface area (Å²) in [5.41, 5.74) is 8.45. The van der Waals surface area contributed by atoms with Crippen molar-refractivity contribution >= 4 is 11.8 Å². The monoisotopic (exact) mass is 287 g/mol. The minimum Gasteiger partial charge on any atom is -0.357 e. The molecule has 21 heavy (non-hydrogen) atoms. The molecule has 5 heteroatoms. The van der Waals surface area contributed by atoms with Crippen LogP contribution >= 0.6 is 0 Å². The van der Waals surface area contributed by atoms with E-state index in [0.29, 0.717) is 13.0 Å². The molecule has 0 aromatic heterocycles. The highest BCUT2D eigenvalue weighted by molar-refractivity contribution is 5.89. The summed E-state index contributed by atoms with van der Waals surface area (Å²) >= 11 is 0. The van der Waals surface area contributed by atoms with Crippen LogP contribution in [0.3, 0.4) is 0 Å². The minimum absolute atomic E-state index is 0.0557. The molecule has 1 aromatic carbocycles. The lowest BCUT2D eigenvalue weighted by Gasteiger charge is -2.26. The van der Waals surface area contributed by atoms with Gasteiger partial charge in [-0.25, -0.2) is 0 Å². The number of nitrogens with two attached hydrogens (primary N) is 1. The zero-order chi connectivity index (χ0) is 15.0. The Morgan fingerprint density at radius 2 is 1.86 bits per heavy atom. The lowest BCUT2D eigenvalue weighted by atomic mass is 10.0. The third kappa shape index (κ3) is 2.53. The van der Waals surface area contributed by atoms with Gasteiger partial charge in [-0.3, -0.25) is 9.59 Å². The van der Waals surface area contributed by atoms with E-state index in [0.717, 1.165) is 12.8 Å². The first-order valence-corrected chi connectivity index (χ1v) is 7.44. The number of benzene rings is 1. The quantitative estimate of drug-likeness (QED) is 0.808. The largest absolute Gasteiger partial charge is 0.357 e. The third-order valence-corrected chi connectivity index (χ3v) is 4.57. The van der Waals surface area contributed by atoms with Gasteiger partial charge in [0.05, 0.1) is 0 Å². The summed E-state index contributed by atoms with van der Waals surface area (Å²) in [7, 11) is 1.60. The van der Waals surface area contributed by atoms with E-state index in [1.807, 2.05) is 12.1 Å². The number of rotatable bonds is 2. The second-order valence-corrected chi connectivity index (χ2v) is 5.99. The van der Waals surface area contributed by atoms with Crippen molar-refractivity contribution in [1.29, 1.82) is 0 Å². The molecule has 0 unspecified atom stereocenters. The van der Waals surface area contributed by atoms with Gasteiger partial charge in [-0.2, -0.15) is 0 Å². The summed E-state index contributed by atoms with van der Waals surface area (Å²) in [6, 6.07) is 7.64. The Morgan fingerprint density at radius 3 is 2.43 bits per heavy atom. The molecule has 3 rings (SSSR count). The molecule has 112 valence electrons. The number of carbonyl (C=O) groups excluding carboxylic acids is 2. The summed E-state index contributed by atoms with van der Waals surface area (Å²) in [5.74, 6) is -0.112. The van der Waals surface area contributed by atoms with Crippen molar-refractivity contribution in [2.24, 2.45) is 11.7 Å². The number of amides is 2. The maximum Gasteiger partial charge on any atom is 0.242 e. The minimum atomic E-state index is -0.416.